The Balaban J connectivity index is 1.51. The van der Waals surface area contributed by atoms with Crippen molar-refractivity contribution < 1.29 is 14.3 Å². The van der Waals surface area contributed by atoms with Gasteiger partial charge >= 0.3 is 0 Å². The van der Waals surface area contributed by atoms with Gasteiger partial charge in [0, 0.05) is 26.2 Å². The summed E-state index contributed by atoms with van der Waals surface area (Å²) in [5.74, 6) is 0.523. The number of likely N-dealkylation sites (tertiary alicyclic amines) is 1. The van der Waals surface area contributed by atoms with Crippen LogP contribution < -0.4 is 0 Å². The van der Waals surface area contributed by atoms with Crippen LogP contribution in [0.25, 0.3) is 0 Å². The third-order valence-corrected chi connectivity index (χ3v) is 4.04. The predicted molar refractivity (Wildman–Crippen MR) is 66.3 cm³/mol. The summed E-state index contributed by atoms with van der Waals surface area (Å²) < 4.78 is 10.6. The lowest BCUT2D eigenvalue weighted by atomic mass is 9.96. The molecule has 0 saturated carbocycles. The quantitative estimate of drug-likeness (QED) is 0.663. The van der Waals surface area contributed by atoms with Crippen molar-refractivity contribution in [2.45, 2.75) is 18.9 Å². The molecule has 0 N–H and O–H groups in total. The van der Waals surface area contributed by atoms with E-state index in [0.29, 0.717) is 25.2 Å². The summed E-state index contributed by atoms with van der Waals surface area (Å²) in [4.78, 5) is 16.8. The average molecular weight is 254 g/mol. The number of hydrogen-bond acceptors (Lipinski definition) is 4. The van der Waals surface area contributed by atoms with Crippen molar-refractivity contribution in [1.82, 2.24) is 9.80 Å². The second-order valence-corrected chi connectivity index (χ2v) is 5.49. The Hall–Kier alpha value is -0.650. The van der Waals surface area contributed by atoms with Crippen LogP contribution in [-0.4, -0.2) is 74.4 Å². The maximum atomic E-state index is 12.4. The van der Waals surface area contributed by atoms with Gasteiger partial charge in [0.25, 0.3) is 0 Å². The molecule has 102 valence electrons. The van der Waals surface area contributed by atoms with Gasteiger partial charge in [-0.3, -0.25) is 9.69 Å². The van der Waals surface area contributed by atoms with Gasteiger partial charge in [-0.05, 0) is 19.4 Å². The maximum Gasteiger partial charge on any atom is 0.227 e. The number of rotatable bonds is 3. The first-order valence-electron chi connectivity index (χ1n) is 7.03. The van der Waals surface area contributed by atoms with Crippen LogP contribution in [0.15, 0.2) is 0 Å². The number of ether oxygens (including phenoxy) is 2. The molecule has 3 saturated heterocycles. The zero-order valence-corrected chi connectivity index (χ0v) is 10.8. The van der Waals surface area contributed by atoms with Gasteiger partial charge in [0.05, 0.1) is 31.8 Å². The number of carbonyl (C=O) groups excluding carboxylic acids is 1. The Bertz CT molecular complexity index is 301. The third kappa shape index (κ3) is 3.02. The van der Waals surface area contributed by atoms with Crippen molar-refractivity contribution in [3.8, 4) is 0 Å². The third-order valence-electron chi connectivity index (χ3n) is 4.04. The van der Waals surface area contributed by atoms with E-state index in [1.807, 2.05) is 4.90 Å². The molecule has 0 radical (unpaired) electrons. The van der Waals surface area contributed by atoms with Crippen molar-refractivity contribution >= 4 is 5.91 Å². The molecule has 0 aromatic heterocycles. The molecule has 5 nitrogen and oxygen atoms in total. The Labute approximate surface area is 108 Å². The number of epoxide rings is 1. The minimum atomic E-state index is 0.190. The van der Waals surface area contributed by atoms with Gasteiger partial charge in [-0.2, -0.15) is 0 Å². The fourth-order valence-electron chi connectivity index (χ4n) is 2.93. The minimum Gasteiger partial charge on any atom is -0.378 e. The fourth-order valence-corrected chi connectivity index (χ4v) is 2.93. The first-order valence-corrected chi connectivity index (χ1v) is 7.03. The molecule has 1 amide bonds. The number of carbonyl (C=O) groups is 1. The van der Waals surface area contributed by atoms with Crippen LogP contribution in [0, 0.1) is 5.92 Å². The molecule has 3 aliphatic heterocycles. The molecule has 0 bridgehead atoms. The van der Waals surface area contributed by atoms with E-state index < -0.39 is 0 Å². The molecule has 0 aliphatic carbocycles. The average Bonchev–Trinajstić information content (AvgIpc) is 3.23. The lowest BCUT2D eigenvalue weighted by Crippen LogP contribution is -2.48. The van der Waals surface area contributed by atoms with Crippen LogP contribution in [0.2, 0.25) is 0 Å². The molecule has 3 rings (SSSR count). The summed E-state index contributed by atoms with van der Waals surface area (Å²) in [5.41, 5.74) is 0. The zero-order chi connectivity index (χ0) is 12.4. The highest BCUT2D eigenvalue weighted by atomic mass is 16.6. The molecule has 0 aromatic rings. The SMILES string of the molecule is O=C([C@@H]1CCCN(C[C@@H]2CO2)C1)N1CCOCC1. The Morgan fingerprint density at radius 2 is 2.00 bits per heavy atom. The summed E-state index contributed by atoms with van der Waals surface area (Å²) in [7, 11) is 0. The monoisotopic (exact) mass is 254 g/mol. The van der Waals surface area contributed by atoms with Gasteiger partial charge in [-0.25, -0.2) is 0 Å². The van der Waals surface area contributed by atoms with E-state index in [0.717, 1.165) is 52.2 Å². The number of amides is 1. The van der Waals surface area contributed by atoms with Crippen molar-refractivity contribution in [3.63, 3.8) is 0 Å². The molecule has 2 atom stereocenters. The van der Waals surface area contributed by atoms with Gasteiger partial charge in [-0.1, -0.05) is 0 Å². The number of morpholine rings is 1. The van der Waals surface area contributed by atoms with E-state index in [9.17, 15) is 4.79 Å². The van der Waals surface area contributed by atoms with Gasteiger partial charge in [0.2, 0.25) is 5.91 Å². The number of hydrogen-bond donors (Lipinski definition) is 0. The van der Waals surface area contributed by atoms with Crippen LogP contribution in [0.3, 0.4) is 0 Å². The highest BCUT2D eigenvalue weighted by molar-refractivity contribution is 5.79. The summed E-state index contributed by atoms with van der Waals surface area (Å²) in [6.07, 6.45) is 2.60. The van der Waals surface area contributed by atoms with E-state index in [1.54, 1.807) is 0 Å². The summed E-state index contributed by atoms with van der Waals surface area (Å²) in [6.45, 7) is 6.85. The van der Waals surface area contributed by atoms with Crippen molar-refractivity contribution in [2.75, 3.05) is 52.5 Å². The van der Waals surface area contributed by atoms with Crippen LogP contribution in [0.1, 0.15) is 12.8 Å². The Morgan fingerprint density at radius 3 is 2.72 bits per heavy atom. The second kappa shape index (κ2) is 5.55. The van der Waals surface area contributed by atoms with E-state index in [2.05, 4.69) is 4.90 Å². The predicted octanol–water partition coefficient (Wildman–Crippen LogP) is -0.0440. The van der Waals surface area contributed by atoms with Gasteiger partial charge < -0.3 is 14.4 Å². The van der Waals surface area contributed by atoms with Gasteiger partial charge in [-0.15, -0.1) is 0 Å². The summed E-state index contributed by atoms with van der Waals surface area (Å²) >= 11 is 0. The smallest absolute Gasteiger partial charge is 0.227 e. The molecule has 0 spiro atoms. The van der Waals surface area contributed by atoms with Crippen molar-refractivity contribution in [1.29, 1.82) is 0 Å². The Morgan fingerprint density at radius 1 is 1.22 bits per heavy atom. The molecular weight excluding hydrogens is 232 g/mol. The first-order chi connectivity index (χ1) is 8.83. The zero-order valence-electron chi connectivity index (χ0n) is 10.8. The Kier molecular flexibility index (Phi) is 3.82. The van der Waals surface area contributed by atoms with Crippen LogP contribution in [-0.2, 0) is 14.3 Å². The molecule has 0 unspecified atom stereocenters. The minimum absolute atomic E-state index is 0.190. The van der Waals surface area contributed by atoms with Crippen LogP contribution >= 0.6 is 0 Å². The topological polar surface area (TPSA) is 45.3 Å². The molecule has 3 aliphatic rings. The van der Waals surface area contributed by atoms with E-state index in [-0.39, 0.29) is 5.92 Å². The summed E-state index contributed by atoms with van der Waals surface area (Å²) in [5, 5.41) is 0. The van der Waals surface area contributed by atoms with E-state index in [4.69, 9.17) is 9.47 Å². The molecular formula is C13H22N2O3. The highest BCUT2D eigenvalue weighted by Gasteiger charge is 2.33. The number of piperidine rings is 1. The van der Waals surface area contributed by atoms with E-state index >= 15 is 0 Å². The molecule has 18 heavy (non-hydrogen) atoms. The molecule has 3 heterocycles. The lowest BCUT2D eigenvalue weighted by molar-refractivity contribution is -0.141. The molecule has 3 fully saturated rings. The van der Waals surface area contributed by atoms with Gasteiger partial charge in [0.1, 0.15) is 0 Å². The molecule has 0 aromatic carbocycles. The molecule has 5 heteroatoms. The number of nitrogens with zero attached hydrogens (tertiary/aromatic N) is 2. The van der Waals surface area contributed by atoms with Crippen molar-refractivity contribution in [3.05, 3.63) is 0 Å². The van der Waals surface area contributed by atoms with Crippen LogP contribution in [0.5, 0.6) is 0 Å². The maximum absolute atomic E-state index is 12.4. The highest BCUT2D eigenvalue weighted by Crippen LogP contribution is 2.21. The fraction of sp³-hybridized carbons (Fsp3) is 0.923. The van der Waals surface area contributed by atoms with Gasteiger partial charge in [0.15, 0.2) is 0 Å². The second-order valence-electron chi connectivity index (χ2n) is 5.49. The normalized spacial score (nSPS) is 33.4. The largest absolute Gasteiger partial charge is 0.378 e. The first kappa shape index (κ1) is 12.4. The van der Waals surface area contributed by atoms with Crippen molar-refractivity contribution in [2.24, 2.45) is 5.92 Å². The standard InChI is InChI=1S/C13H22N2O3/c16-13(15-4-6-17-7-5-15)11-2-1-3-14(8-11)9-12-10-18-12/h11-12H,1-10H2/t11-,12-/m1/s1. The summed E-state index contributed by atoms with van der Waals surface area (Å²) in [6, 6.07) is 0. The lowest BCUT2D eigenvalue weighted by Gasteiger charge is -2.36. The van der Waals surface area contributed by atoms with E-state index in [1.165, 1.54) is 0 Å². The van der Waals surface area contributed by atoms with Crippen LogP contribution in [0.4, 0.5) is 0 Å².